The molecule has 1 unspecified atom stereocenters. The molecule has 1 aliphatic heterocycles. The summed E-state index contributed by atoms with van der Waals surface area (Å²) in [4.78, 5) is 5.74. The topological polar surface area (TPSA) is 39.7 Å². The van der Waals surface area contributed by atoms with Crippen molar-refractivity contribution in [3.8, 4) is 0 Å². The van der Waals surface area contributed by atoms with E-state index in [-0.39, 0.29) is 11.3 Å². The Labute approximate surface area is 152 Å². The van der Waals surface area contributed by atoms with E-state index in [1.54, 1.807) is 7.05 Å². The summed E-state index contributed by atoms with van der Waals surface area (Å²) in [5.41, 5.74) is 1.54. The first-order chi connectivity index (χ1) is 12.4. The Balaban J connectivity index is 1.42. The molecule has 1 aliphatic carbocycles. The van der Waals surface area contributed by atoms with Crippen molar-refractivity contribution in [2.75, 3.05) is 39.8 Å². The zero-order valence-corrected chi connectivity index (χ0v) is 15.1. The van der Waals surface area contributed by atoms with E-state index in [2.05, 4.69) is 39.9 Å². The quantitative estimate of drug-likeness (QED) is 0.599. The second-order valence-corrected chi connectivity index (χ2v) is 7.46. The van der Waals surface area contributed by atoms with Crippen LogP contribution in [0.25, 0.3) is 0 Å². The number of nitrogens with zero attached hydrogens (tertiary/aromatic N) is 2. The first kappa shape index (κ1) is 19.0. The van der Waals surface area contributed by atoms with Crippen molar-refractivity contribution in [2.24, 2.45) is 10.9 Å². The molecule has 0 bridgehead atoms. The van der Waals surface area contributed by atoms with E-state index in [4.69, 9.17) is 0 Å². The Morgan fingerprint density at radius 2 is 1.96 bits per heavy atom. The van der Waals surface area contributed by atoms with Crippen LogP contribution in [0.5, 0.6) is 0 Å². The van der Waals surface area contributed by atoms with Gasteiger partial charge in [-0.05, 0) is 37.3 Å². The third-order valence-corrected chi connectivity index (χ3v) is 5.39. The molecule has 7 heteroatoms. The van der Waals surface area contributed by atoms with E-state index in [9.17, 15) is 13.2 Å². The molecule has 3 rings (SSSR count). The minimum absolute atomic E-state index is 0.190. The molecule has 2 fully saturated rings. The lowest BCUT2D eigenvalue weighted by atomic mass is 9.96. The van der Waals surface area contributed by atoms with E-state index in [0.29, 0.717) is 19.6 Å². The zero-order valence-electron chi connectivity index (χ0n) is 15.1. The third-order valence-electron chi connectivity index (χ3n) is 5.39. The molecule has 1 aromatic carbocycles. The van der Waals surface area contributed by atoms with Crippen LogP contribution >= 0.6 is 0 Å². The molecule has 1 aromatic rings. The Morgan fingerprint density at radius 1 is 1.23 bits per heavy atom. The van der Waals surface area contributed by atoms with Gasteiger partial charge in [0.15, 0.2) is 5.96 Å². The first-order valence-corrected chi connectivity index (χ1v) is 9.19. The van der Waals surface area contributed by atoms with Crippen LogP contribution < -0.4 is 10.6 Å². The standard InChI is InChI=1S/C19H27F3N4/c1-23-17(24-11-15-7-10-26(12-15)14-19(20,21)22)25-13-18(8-9-18)16-5-3-2-4-6-16/h2-6,15H,7-14H2,1H3,(H2,23,24,25). The highest BCUT2D eigenvalue weighted by Crippen LogP contribution is 2.47. The summed E-state index contributed by atoms with van der Waals surface area (Å²) in [6.07, 6.45) is -1.00. The summed E-state index contributed by atoms with van der Waals surface area (Å²) in [5, 5.41) is 6.67. The number of nitrogens with one attached hydrogen (secondary N) is 2. The molecule has 0 spiro atoms. The molecule has 1 atom stereocenters. The monoisotopic (exact) mass is 368 g/mol. The van der Waals surface area contributed by atoms with Crippen LogP contribution in [-0.4, -0.2) is 56.8 Å². The average molecular weight is 368 g/mol. The van der Waals surface area contributed by atoms with Crippen LogP contribution in [0.2, 0.25) is 0 Å². The Bertz CT molecular complexity index is 611. The second kappa shape index (κ2) is 7.86. The minimum Gasteiger partial charge on any atom is -0.356 e. The number of rotatable bonds is 6. The fraction of sp³-hybridized carbons (Fsp3) is 0.632. The molecule has 26 heavy (non-hydrogen) atoms. The van der Waals surface area contributed by atoms with E-state index in [1.165, 1.54) is 10.5 Å². The maximum absolute atomic E-state index is 12.5. The molecule has 1 heterocycles. The van der Waals surface area contributed by atoms with Gasteiger partial charge in [0, 0.05) is 32.1 Å². The molecule has 1 saturated carbocycles. The fourth-order valence-corrected chi connectivity index (χ4v) is 3.70. The van der Waals surface area contributed by atoms with Gasteiger partial charge < -0.3 is 10.6 Å². The highest BCUT2D eigenvalue weighted by atomic mass is 19.4. The van der Waals surface area contributed by atoms with E-state index < -0.39 is 12.7 Å². The van der Waals surface area contributed by atoms with Gasteiger partial charge in [-0.15, -0.1) is 0 Å². The van der Waals surface area contributed by atoms with Gasteiger partial charge >= 0.3 is 6.18 Å². The Hall–Kier alpha value is -1.76. The normalized spacial score (nSPS) is 23.1. The minimum atomic E-state index is -4.12. The third kappa shape index (κ3) is 5.13. The molecular formula is C19H27F3N4. The Kier molecular flexibility index (Phi) is 5.75. The molecule has 2 N–H and O–H groups in total. The molecule has 0 aromatic heterocycles. The molecule has 144 valence electrons. The summed E-state index contributed by atoms with van der Waals surface area (Å²) in [7, 11) is 1.72. The number of benzene rings is 1. The van der Waals surface area contributed by atoms with Crippen molar-refractivity contribution in [1.29, 1.82) is 0 Å². The van der Waals surface area contributed by atoms with Crippen molar-refractivity contribution >= 4 is 5.96 Å². The van der Waals surface area contributed by atoms with Crippen LogP contribution in [0.4, 0.5) is 13.2 Å². The number of alkyl halides is 3. The summed E-state index contributed by atoms with van der Waals surface area (Å²) in [6, 6.07) is 10.5. The number of aliphatic imine (C=N–C) groups is 1. The van der Waals surface area contributed by atoms with Crippen LogP contribution in [0.1, 0.15) is 24.8 Å². The lowest BCUT2D eigenvalue weighted by molar-refractivity contribution is -0.143. The second-order valence-electron chi connectivity index (χ2n) is 7.46. The summed E-state index contributed by atoms with van der Waals surface area (Å²) in [6.45, 7) is 1.65. The first-order valence-electron chi connectivity index (χ1n) is 9.19. The number of halogens is 3. The van der Waals surface area contributed by atoms with Gasteiger partial charge in [0.2, 0.25) is 0 Å². The maximum Gasteiger partial charge on any atom is 0.401 e. The molecule has 1 saturated heterocycles. The summed E-state index contributed by atoms with van der Waals surface area (Å²) < 4.78 is 37.4. The molecule has 0 amide bonds. The molecular weight excluding hydrogens is 341 g/mol. The number of guanidine groups is 1. The number of hydrogen-bond donors (Lipinski definition) is 2. The van der Waals surface area contributed by atoms with Crippen molar-refractivity contribution in [2.45, 2.75) is 30.9 Å². The predicted molar refractivity (Wildman–Crippen MR) is 97.3 cm³/mol. The molecule has 0 radical (unpaired) electrons. The SMILES string of the molecule is CN=C(NCC1CCN(CC(F)(F)F)C1)NCC1(c2ccccc2)CC1. The highest BCUT2D eigenvalue weighted by Gasteiger charge is 2.44. The van der Waals surface area contributed by atoms with Crippen molar-refractivity contribution in [3.05, 3.63) is 35.9 Å². The molecule has 4 nitrogen and oxygen atoms in total. The Morgan fingerprint density at radius 3 is 2.58 bits per heavy atom. The van der Waals surface area contributed by atoms with Gasteiger partial charge in [-0.25, -0.2) is 0 Å². The predicted octanol–water partition coefficient (Wildman–Crippen LogP) is 2.77. The largest absolute Gasteiger partial charge is 0.401 e. The van der Waals surface area contributed by atoms with Gasteiger partial charge in [0.25, 0.3) is 0 Å². The zero-order chi connectivity index (χ0) is 18.6. The number of hydrogen-bond acceptors (Lipinski definition) is 2. The van der Waals surface area contributed by atoms with Crippen LogP contribution in [0.3, 0.4) is 0 Å². The van der Waals surface area contributed by atoms with Gasteiger partial charge in [-0.2, -0.15) is 13.2 Å². The van der Waals surface area contributed by atoms with Gasteiger partial charge in [0.1, 0.15) is 0 Å². The van der Waals surface area contributed by atoms with Crippen molar-refractivity contribution < 1.29 is 13.2 Å². The van der Waals surface area contributed by atoms with Crippen molar-refractivity contribution in [3.63, 3.8) is 0 Å². The van der Waals surface area contributed by atoms with Crippen LogP contribution in [0, 0.1) is 5.92 Å². The average Bonchev–Trinajstić information content (AvgIpc) is 3.28. The van der Waals surface area contributed by atoms with E-state index in [0.717, 1.165) is 31.8 Å². The summed E-state index contributed by atoms with van der Waals surface area (Å²) in [5.74, 6) is 0.946. The summed E-state index contributed by atoms with van der Waals surface area (Å²) >= 11 is 0. The molecule has 2 aliphatic rings. The van der Waals surface area contributed by atoms with E-state index >= 15 is 0 Å². The number of likely N-dealkylation sites (tertiary alicyclic amines) is 1. The van der Waals surface area contributed by atoms with Crippen LogP contribution in [-0.2, 0) is 5.41 Å². The lowest BCUT2D eigenvalue weighted by Crippen LogP contribution is -2.43. The maximum atomic E-state index is 12.5. The smallest absolute Gasteiger partial charge is 0.356 e. The van der Waals surface area contributed by atoms with Crippen molar-refractivity contribution in [1.82, 2.24) is 15.5 Å². The lowest BCUT2D eigenvalue weighted by Gasteiger charge is -2.21. The van der Waals surface area contributed by atoms with Gasteiger partial charge in [-0.1, -0.05) is 30.3 Å². The highest BCUT2D eigenvalue weighted by molar-refractivity contribution is 5.79. The van der Waals surface area contributed by atoms with Crippen LogP contribution in [0.15, 0.2) is 35.3 Å². The van der Waals surface area contributed by atoms with E-state index in [1.807, 2.05) is 6.07 Å². The van der Waals surface area contributed by atoms with Gasteiger partial charge in [-0.3, -0.25) is 9.89 Å². The van der Waals surface area contributed by atoms with Gasteiger partial charge in [0.05, 0.1) is 6.54 Å². The fourth-order valence-electron chi connectivity index (χ4n) is 3.70.